The van der Waals surface area contributed by atoms with Crippen LogP contribution < -0.4 is 10.9 Å². The summed E-state index contributed by atoms with van der Waals surface area (Å²) in [7, 11) is 0. The van der Waals surface area contributed by atoms with Crippen molar-refractivity contribution in [2.45, 2.75) is 39.7 Å². The van der Waals surface area contributed by atoms with E-state index in [0.717, 1.165) is 38.7 Å². The maximum atomic E-state index is 13.0. The fourth-order valence-corrected chi connectivity index (χ4v) is 4.30. The van der Waals surface area contributed by atoms with Gasteiger partial charge in [-0.05, 0) is 61.2 Å². The third-order valence-electron chi connectivity index (χ3n) is 5.49. The SMILES string of the molecule is CCc1cccc(C)c1NC(=O)CCCn1c(=O)c2cccn2c2ccc(Br)cc21. The van der Waals surface area contributed by atoms with Crippen molar-refractivity contribution in [1.82, 2.24) is 8.97 Å². The maximum Gasteiger partial charge on any atom is 0.275 e. The van der Waals surface area contributed by atoms with Gasteiger partial charge in [0.1, 0.15) is 5.52 Å². The van der Waals surface area contributed by atoms with Gasteiger partial charge in [0.2, 0.25) is 5.91 Å². The summed E-state index contributed by atoms with van der Waals surface area (Å²) in [6, 6.07) is 15.7. The molecule has 2 aromatic carbocycles. The van der Waals surface area contributed by atoms with Crippen molar-refractivity contribution in [2.24, 2.45) is 0 Å². The Morgan fingerprint density at radius 3 is 2.70 bits per heavy atom. The van der Waals surface area contributed by atoms with Gasteiger partial charge < -0.3 is 14.3 Å². The predicted molar refractivity (Wildman–Crippen MR) is 125 cm³/mol. The number of nitrogens with one attached hydrogen (secondary N) is 1. The average molecular weight is 466 g/mol. The second-order valence-electron chi connectivity index (χ2n) is 7.47. The first-order valence-corrected chi connectivity index (χ1v) is 11.0. The molecule has 0 saturated carbocycles. The minimum absolute atomic E-state index is 0.0266. The van der Waals surface area contributed by atoms with E-state index in [1.165, 1.54) is 0 Å². The number of fused-ring (bicyclic) bond motifs is 3. The van der Waals surface area contributed by atoms with E-state index in [1.54, 1.807) is 4.57 Å². The first-order chi connectivity index (χ1) is 14.5. The number of aromatic nitrogens is 2. The van der Waals surface area contributed by atoms with E-state index in [0.29, 0.717) is 24.9 Å². The van der Waals surface area contributed by atoms with Crippen molar-refractivity contribution >= 4 is 44.1 Å². The van der Waals surface area contributed by atoms with Crippen molar-refractivity contribution in [2.75, 3.05) is 5.32 Å². The quantitative estimate of drug-likeness (QED) is 0.419. The molecule has 6 heteroatoms. The zero-order valence-corrected chi connectivity index (χ0v) is 18.7. The molecule has 5 nitrogen and oxygen atoms in total. The fourth-order valence-electron chi connectivity index (χ4n) is 3.95. The van der Waals surface area contributed by atoms with Gasteiger partial charge >= 0.3 is 0 Å². The molecule has 2 heterocycles. The first-order valence-electron chi connectivity index (χ1n) is 10.2. The smallest absolute Gasteiger partial charge is 0.275 e. The van der Waals surface area contributed by atoms with E-state index >= 15 is 0 Å². The summed E-state index contributed by atoms with van der Waals surface area (Å²) in [6.07, 6.45) is 3.70. The van der Waals surface area contributed by atoms with Gasteiger partial charge in [-0.25, -0.2) is 0 Å². The molecule has 0 aliphatic carbocycles. The van der Waals surface area contributed by atoms with Crippen molar-refractivity contribution < 1.29 is 4.79 Å². The van der Waals surface area contributed by atoms with Gasteiger partial charge in [-0.1, -0.05) is 41.1 Å². The van der Waals surface area contributed by atoms with Gasteiger partial charge in [-0.3, -0.25) is 9.59 Å². The summed E-state index contributed by atoms with van der Waals surface area (Å²) in [4.78, 5) is 25.6. The molecule has 0 spiro atoms. The molecule has 1 N–H and O–H groups in total. The molecule has 4 rings (SSSR count). The van der Waals surface area contributed by atoms with Crippen LogP contribution in [0.4, 0.5) is 5.69 Å². The van der Waals surface area contributed by atoms with Crippen LogP contribution in [-0.4, -0.2) is 14.9 Å². The van der Waals surface area contributed by atoms with Crippen LogP contribution in [-0.2, 0) is 17.8 Å². The van der Waals surface area contributed by atoms with Crippen LogP contribution in [0, 0.1) is 6.92 Å². The summed E-state index contributed by atoms with van der Waals surface area (Å²) >= 11 is 3.51. The van der Waals surface area contributed by atoms with Crippen LogP contribution in [0.3, 0.4) is 0 Å². The molecule has 0 aliphatic heterocycles. The molecule has 4 aromatic rings. The number of halogens is 1. The molecule has 154 valence electrons. The Kier molecular flexibility index (Phi) is 5.77. The van der Waals surface area contributed by atoms with Crippen molar-refractivity contribution in [3.05, 3.63) is 80.7 Å². The Balaban J connectivity index is 1.55. The van der Waals surface area contributed by atoms with E-state index < -0.39 is 0 Å². The zero-order chi connectivity index (χ0) is 21.3. The largest absolute Gasteiger partial charge is 0.326 e. The van der Waals surface area contributed by atoms with E-state index in [9.17, 15) is 9.59 Å². The molecular formula is C24H24BrN3O2. The van der Waals surface area contributed by atoms with Crippen LogP contribution in [0.1, 0.15) is 30.9 Å². The Morgan fingerprint density at radius 2 is 1.90 bits per heavy atom. The topological polar surface area (TPSA) is 55.5 Å². The number of benzene rings is 2. The number of hydrogen-bond donors (Lipinski definition) is 1. The second-order valence-corrected chi connectivity index (χ2v) is 8.38. The highest BCUT2D eigenvalue weighted by Crippen LogP contribution is 2.22. The summed E-state index contributed by atoms with van der Waals surface area (Å²) < 4.78 is 4.60. The lowest BCUT2D eigenvalue weighted by Crippen LogP contribution is -2.23. The van der Waals surface area contributed by atoms with Crippen molar-refractivity contribution in [3.63, 3.8) is 0 Å². The highest BCUT2D eigenvalue weighted by molar-refractivity contribution is 9.10. The molecule has 0 atom stereocenters. The van der Waals surface area contributed by atoms with Crippen molar-refractivity contribution in [3.8, 4) is 0 Å². The summed E-state index contributed by atoms with van der Waals surface area (Å²) in [5.74, 6) is -0.0266. The highest BCUT2D eigenvalue weighted by atomic mass is 79.9. The minimum atomic E-state index is -0.0434. The number of hydrogen-bond acceptors (Lipinski definition) is 2. The lowest BCUT2D eigenvalue weighted by Gasteiger charge is -2.14. The van der Waals surface area contributed by atoms with Crippen LogP contribution >= 0.6 is 15.9 Å². The monoisotopic (exact) mass is 465 g/mol. The number of anilines is 1. The van der Waals surface area contributed by atoms with Crippen molar-refractivity contribution in [1.29, 1.82) is 0 Å². The van der Waals surface area contributed by atoms with Gasteiger partial charge in [-0.15, -0.1) is 0 Å². The number of carbonyl (C=O) groups is 1. The standard InChI is InChI=1S/C24H24BrN3O2/c1-3-17-8-4-7-16(2)23(17)26-22(29)10-6-14-28-21-15-18(25)11-12-19(21)27-13-5-9-20(27)24(28)30/h4-5,7-9,11-13,15H,3,6,10,14H2,1-2H3,(H,26,29). The van der Waals surface area contributed by atoms with E-state index in [4.69, 9.17) is 0 Å². The minimum Gasteiger partial charge on any atom is -0.326 e. The van der Waals surface area contributed by atoms with Gasteiger partial charge in [0.25, 0.3) is 5.56 Å². The fraction of sp³-hybridized carbons (Fsp3) is 0.250. The van der Waals surface area contributed by atoms with Gasteiger partial charge in [-0.2, -0.15) is 0 Å². The van der Waals surface area contributed by atoms with E-state index in [-0.39, 0.29) is 11.5 Å². The molecule has 30 heavy (non-hydrogen) atoms. The summed E-state index contributed by atoms with van der Waals surface area (Å²) in [6.45, 7) is 4.57. The van der Waals surface area contributed by atoms with Crippen LogP contribution in [0.5, 0.6) is 0 Å². The number of para-hydroxylation sites is 1. The Morgan fingerprint density at radius 1 is 1.07 bits per heavy atom. The lowest BCUT2D eigenvalue weighted by atomic mass is 10.1. The van der Waals surface area contributed by atoms with Gasteiger partial charge in [0.05, 0.1) is 11.0 Å². The molecule has 0 bridgehead atoms. The Hall–Kier alpha value is -2.86. The predicted octanol–water partition coefficient (Wildman–Crippen LogP) is 5.31. The highest BCUT2D eigenvalue weighted by Gasteiger charge is 2.13. The zero-order valence-electron chi connectivity index (χ0n) is 17.1. The third-order valence-corrected chi connectivity index (χ3v) is 5.98. The molecular weight excluding hydrogens is 442 g/mol. The Labute approximate surface area is 183 Å². The number of nitrogens with zero attached hydrogens (tertiary/aromatic N) is 2. The summed E-state index contributed by atoms with van der Waals surface area (Å²) in [5.41, 5.74) is 5.52. The number of aryl methyl sites for hydroxylation is 3. The normalized spacial score (nSPS) is 11.3. The van der Waals surface area contributed by atoms with E-state index in [1.807, 2.05) is 66.1 Å². The molecule has 0 saturated heterocycles. The molecule has 0 radical (unpaired) electrons. The summed E-state index contributed by atoms with van der Waals surface area (Å²) in [5, 5.41) is 3.06. The van der Waals surface area contributed by atoms with Crippen LogP contribution in [0.2, 0.25) is 0 Å². The van der Waals surface area contributed by atoms with Crippen LogP contribution in [0.15, 0.2) is 64.0 Å². The molecule has 0 aliphatic rings. The number of carbonyl (C=O) groups excluding carboxylic acids is 1. The molecule has 0 fully saturated rings. The van der Waals surface area contributed by atoms with E-state index in [2.05, 4.69) is 28.2 Å². The lowest BCUT2D eigenvalue weighted by molar-refractivity contribution is -0.116. The molecule has 2 aromatic heterocycles. The third kappa shape index (κ3) is 3.79. The van der Waals surface area contributed by atoms with Crippen LogP contribution in [0.25, 0.3) is 16.6 Å². The first kappa shape index (κ1) is 20.4. The average Bonchev–Trinajstić information content (AvgIpc) is 3.22. The maximum absolute atomic E-state index is 13.0. The van der Waals surface area contributed by atoms with Gasteiger partial charge in [0, 0.05) is 29.3 Å². The second kappa shape index (κ2) is 8.48. The Bertz CT molecular complexity index is 1300. The molecule has 1 amide bonds. The number of rotatable bonds is 6. The number of amides is 1. The molecule has 0 unspecified atom stereocenters. The van der Waals surface area contributed by atoms with Gasteiger partial charge in [0.15, 0.2) is 0 Å².